The Balaban J connectivity index is 2.03. The van der Waals surface area contributed by atoms with Gasteiger partial charge in [0.25, 0.3) is 0 Å². The third-order valence-corrected chi connectivity index (χ3v) is 2.87. The predicted molar refractivity (Wildman–Crippen MR) is 71.5 cm³/mol. The Labute approximate surface area is 120 Å². The van der Waals surface area contributed by atoms with Crippen LogP contribution in [0, 0.1) is 17.1 Å². The number of nitrogens with zero attached hydrogens (tertiary/aromatic N) is 1. The molecule has 108 valence electrons. The van der Waals surface area contributed by atoms with Crippen LogP contribution in [-0.4, -0.2) is 6.61 Å². The van der Waals surface area contributed by atoms with Crippen molar-refractivity contribution in [3.05, 3.63) is 65.5 Å². The van der Waals surface area contributed by atoms with Gasteiger partial charge in [-0.1, -0.05) is 24.3 Å². The molecule has 0 aliphatic heterocycles. The van der Waals surface area contributed by atoms with Gasteiger partial charge in [-0.05, 0) is 29.8 Å². The molecule has 5 heteroatoms. The van der Waals surface area contributed by atoms with Crippen molar-refractivity contribution in [1.29, 1.82) is 5.26 Å². The number of rotatable bonds is 5. The molecule has 0 bridgehead atoms. The Kier molecular flexibility index (Phi) is 4.49. The summed E-state index contributed by atoms with van der Waals surface area (Å²) >= 11 is 0. The highest BCUT2D eigenvalue weighted by atomic mass is 19.3. The van der Waals surface area contributed by atoms with E-state index in [0.717, 1.165) is 23.8 Å². The minimum absolute atomic E-state index is 0.250. The van der Waals surface area contributed by atoms with Gasteiger partial charge in [-0.25, -0.2) is 4.39 Å². The molecule has 0 heterocycles. The van der Waals surface area contributed by atoms with E-state index in [1.54, 1.807) is 12.1 Å². The highest BCUT2D eigenvalue weighted by Crippen LogP contribution is 2.29. The van der Waals surface area contributed by atoms with Crippen molar-refractivity contribution in [2.24, 2.45) is 0 Å². The lowest BCUT2D eigenvalue weighted by atomic mass is 10.1. The van der Waals surface area contributed by atoms with E-state index in [1.165, 1.54) is 18.2 Å². The smallest absolute Gasteiger partial charge is 0.306 e. The minimum Gasteiger partial charge on any atom is -0.487 e. The average molecular weight is 291 g/mol. The van der Waals surface area contributed by atoms with Gasteiger partial charge < -0.3 is 4.74 Å². The lowest BCUT2D eigenvalue weighted by Gasteiger charge is -2.17. The molecule has 0 saturated heterocycles. The summed E-state index contributed by atoms with van der Waals surface area (Å²) < 4.78 is 45.8. The Morgan fingerprint density at radius 1 is 1.10 bits per heavy atom. The second-order valence-electron chi connectivity index (χ2n) is 4.48. The number of alkyl halides is 2. The topological polar surface area (TPSA) is 33.0 Å². The molecule has 0 aliphatic rings. The van der Waals surface area contributed by atoms with Gasteiger partial charge in [-0.15, -0.1) is 0 Å². The largest absolute Gasteiger partial charge is 0.487 e. The maximum absolute atomic E-state index is 13.9. The summed E-state index contributed by atoms with van der Waals surface area (Å²) in [5, 5.41) is 8.54. The summed E-state index contributed by atoms with van der Waals surface area (Å²) in [6.07, 6.45) is 0.250. The van der Waals surface area contributed by atoms with E-state index >= 15 is 0 Å². The number of halogens is 3. The van der Waals surface area contributed by atoms with Gasteiger partial charge in [0.1, 0.15) is 11.6 Å². The number of nitriles is 1. The molecular weight excluding hydrogens is 279 g/mol. The van der Waals surface area contributed by atoms with Crippen LogP contribution in [0.3, 0.4) is 0 Å². The van der Waals surface area contributed by atoms with Gasteiger partial charge in [0.2, 0.25) is 0 Å². The van der Waals surface area contributed by atoms with Gasteiger partial charge in [0, 0.05) is 5.56 Å². The van der Waals surface area contributed by atoms with Crippen LogP contribution >= 0.6 is 0 Å². The Bertz CT molecular complexity index is 647. The minimum atomic E-state index is -3.28. The first kappa shape index (κ1) is 14.9. The zero-order chi connectivity index (χ0) is 15.3. The monoisotopic (exact) mass is 291 g/mol. The Hall–Kier alpha value is -2.48. The number of ether oxygens (including phenoxy) is 1. The first-order valence-corrected chi connectivity index (χ1v) is 6.24. The molecule has 0 atom stereocenters. The highest BCUT2D eigenvalue weighted by molar-refractivity contribution is 5.29. The molecule has 0 unspecified atom stereocenters. The quantitative estimate of drug-likeness (QED) is 0.832. The molecule has 2 aromatic rings. The molecular formula is C16H12F3NO. The Morgan fingerprint density at radius 3 is 2.43 bits per heavy atom. The molecule has 0 spiro atoms. The van der Waals surface area contributed by atoms with E-state index in [9.17, 15) is 13.2 Å². The van der Waals surface area contributed by atoms with E-state index in [4.69, 9.17) is 10.00 Å². The standard InChI is InChI=1S/C16H12F3NO/c17-14-3-1-2-13(10-14)16(18,19)11-21-15-6-4-12(5-7-15)8-9-20/h1-7,10H,8,11H2. The summed E-state index contributed by atoms with van der Waals surface area (Å²) in [6, 6.07) is 12.6. The zero-order valence-electron chi connectivity index (χ0n) is 11.0. The van der Waals surface area contributed by atoms with Crippen LogP contribution in [-0.2, 0) is 12.3 Å². The molecule has 2 nitrogen and oxygen atoms in total. The van der Waals surface area contributed by atoms with Crippen molar-refractivity contribution in [2.45, 2.75) is 12.3 Å². The fourth-order valence-electron chi connectivity index (χ4n) is 1.77. The van der Waals surface area contributed by atoms with Gasteiger partial charge in [-0.3, -0.25) is 0 Å². The van der Waals surface area contributed by atoms with Crippen molar-refractivity contribution in [3.8, 4) is 11.8 Å². The second-order valence-corrected chi connectivity index (χ2v) is 4.48. The van der Waals surface area contributed by atoms with E-state index in [1.807, 2.05) is 6.07 Å². The number of hydrogen-bond donors (Lipinski definition) is 0. The van der Waals surface area contributed by atoms with Crippen LogP contribution in [0.4, 0.5) is 13.2 Å². The molecule has 21 heavy (non-hydrogen) atoms. The number of benzene rings is 2. The zero-order valence-corrected chi connectivity index (χ0v) is 11.0. The molecule has 0 saturated carbocycles. The van der Waals surface area contributed by atoms with Crippen LogP contribution in [0.25, 0.3) is 0 Å². The van der Waals surface area contributed by atoms with Crippen molar-refractivity contribution in [1.82, 2.24) is 0 Å². The van der Waals surface area contributed by atoms with Gasteiger partial charge in [0.05, 0.1) is 12.5 Å². The summed E-state index contributed by atoms with van der Waals surface area (Å²) in [4.78, 5) is 0. The maximum atomic E-state index is 13.9. The van der Waals surface area contributed by atoms with E-state index in [-0.39, 0.29) is 12.2 Å². The molecule has 2 aromatic carbocycles. The summed E-state index contributed by atoms with van der Waals surface area (Å²) in [6.45, 7) is -0.881. The molecule has 2 rings (SSSR count). The average Bonchev–Trinajstić information content (AvgIpc) is 2.47. The predicted octanol–water partition coefficient (Wildman–Crippen LogP) is 4.06. The van der Waals surface area contributed by atoms with E-state index in [0.29, 0.717) is 0 Å². The van der Waals surface area contributed by atoms with Gasteiger partial charge >= 0.3 is 5.92 Å². The maximum Gasteiger partial charge on any atom is 0.306 e. The Morgan fingerprint density at radius 2 is 1.81 bits per heavy atom. The van der Waals surface area contributed by atoms with Gasteiger partial charge in [-0.2, -0.15) is 14.0 Å². The fourth-order valence-corrected chi connectivity index (χ4v) is 1.77. The summed E-state index contributed by atoms with van der Waals surface area (Å²) in [5.41, 5.74) is 0.352. The van der Waals surface area contributed by atoms with Crippen LogP contribution in [0.5, 0.6) is 5.75 Å². The van der Waals surface area contributed by atoms with E-state index in [2.05, 4.69) is 0 Å². The summed E-state index contributed by atoms with van der Waals surface area (Å²) in [7, 11) is 0. The van der Waals surface area contributed by atoms with Crippen LogP contribution < -0.4 is 4.74 Å². The highest BCUT2D eigenvalue weighted by Gasteiger charge is 2.33. The van der Waals surface area contributed by atoms with Crippen molar-refractivity contribution >= 4 is 0 Å². The molecule has 0 aliphatic carbocycles. The first-order valence-electron chi connectivity index (χ1n) is 6.24. The van der Waals surface area contributed by atoms with Crippen LogP contribution in [0.2, 0.25) is 0 Å². The second kappa shape index (κ2) is 6.31. The molecule has 0 aromatic heterocycles. The van der Waals surface area contributed by atoms with Crippen molar-refractivity contribution < 1.29 is 17.9 Å². The van der Waals surface area contributed by atoms with Gasteiger partial charge in [0.15, 0.2) is 6.61 Å². The van der Waals surface area contributed by atoms with E-state index < -0.39 is 23.9 Å². The molecule has 0 amide bonds. The molecule has 0 radical (unpaired) electrons. The van der Waals surface area contributed by atoms with Crippen molar-refractivity contribution in [3.63, 3.8) is 0 Å². The number of hydrogen-bond acceptors (Lipinski definition) is 2. The lowest BCUT2D eigenvalue weighted by Crippen LogP contribution is -2.23. The normalized spacial score (nSPS) is 11.0. The summed E-state index contributed by atoms with van der Waals surface area (Å²) in [5.74, 6) is -3.73. The third kappa shape index (κ3) is 3.99. The lowest BCUT2D eigenvalue weighted by molar-refractivity contribution is -0.0469. The SMILES string of the molecule is N#CCc1ccc(OCC(F)(F)c2cccc(F)c2)cc1. The molecule has 0 N–H and O–H groups in total. The van der Waals surface area contributed by atoms with Crippen LogP contribution in [0.1, 0.15) is 11.1 Å². The fraction of sp³-hybridized carbons (Fsp3) is 0.188. The molecule has 0 fully saturated rings. The van der Waals surface area contributed by atoms with Crippen molar-refractivity contribution in [2.75, 3.05) is 6.61 Å². The first-order chi connectivity index (χ1) is 10.0. The van der Waals surface area contributed by atoms with Crippen LogP contribution in [0.15, 0.2) is 48.5 Å². The third-order valence-electron chi connectivity index (χ3n) is 2.87.